The van der Waals surface area contributed by atoms with Gasteiger partial charge in [-0.2, -0.15) is 0 Å². The van der Waals surface area contributed by atoms with Gasteiger partial charge in [-0.15, -0.1) is 0 Å². The van der Waals surface area contributed by atoms with Gasteiger partial charge < -0.3 is 10.6 Å². The van der Waals surface area contributed by atoms with Crippen molar-refractivity contribution in [1.29, 1.82) is 0 Å². The van der Waals surface area contributed by atoms with E-state index in [0.29, 0.717) is 17.2 Å². The second-order valence-corrected chi connectivity index (χ2v) is 6.56. The molecule has 126 valence electrons. The Morgan fingerprint density at radius 3 is 2.24 bits per heavy atom. The number of carbonyl (C=O) groups is 1. The van der Waals surface area contributed by atoms with Gasteiger partial charge in [-0.3, -0.25) is 4.79 Å². The standard InChI is InChI=1S/C19H17BrN4O/c1-12-3-6-15(7-4-12)24-19-21-10-14(11-22-19)18(25)23-16-8-5-13(2)17(20)9-16/h3-11H,1-2H3,(H,23,25)(H,21,22,24). The van der Waals surface area contributed by atoms with E-state index in [1.54, 1.807) is 0 Å². The van der Waals surface area contributed by atoms with Crippen molar-refractivity contribution in [2.24, 2.45) is 0 Å². The number of carbonyl (C=O) groups excluding carboxylic acids is 1. The number of nitrogens with one attached hydrogen (secondary N) is 2. The highest BCUT2D eigenvalue weighted by atomic mass is 79.9. The summed E-state index contributed by atoms with van der Waals surface area (Å²) in [6.45, 7) is 4.02. The first-order chi connectivity index (χ1) is 12.0. The van der Waals surface area contributed by atoms with Crippen LogP contribution in [0.1, 0.15) is 21.5 Å². The average molecular weight is 397 g/mol. The van der Waals surface area contributed by atoms with Gasteiger partial charge >= 0.3 is 0 Å². The third-order valence-electron chi connectivity index (χ3n) is 3.65. The van der Waals surface area contributed by atoms with Crippen molar-refractivity contribution < 1.29 is 4.79 Å². The summed E-state index contributed by atoms with van der Waals surface area (Å²) in [7, 11) is 0. The lowest BCUT2D eigenvalue weighted by atomic mass is 10.2. The first-order valence-electron chi connectivity index (χ1n) is 7.74. The second-order valence-electron chi connectivity index (χ2n) is 5.70. The number of aryl methyl sites for hydroxylation is 2. The fourth-order valence-corrected chi connectivity index (χ4v) is 2.53. The Bertz CT molecular complexity index is 892. The quantitative estimate of drug-likeness (QED) is 0.661. The Kier molecular flexibility index (Phi) is 5.09. The molecule has 6 heteroatoms. The van der Waals surface area contributed by atoms with E-state index in [-0.39, 0.29) is 5.91 Å². The highest BCUT2D eigenvalue weighted by molar-refractivity contribution is 9.10. The summed E-state index contributed by atoms with van der Waals surface area (Å²) in [5.41, 5.74) is 4.29. The lowest BCUT2D eigenvalue weighted by Crippen LogP contribution is -2.13. The van der Waals surface area contributed by atoms with Crippen molar-refractivity contribution in [2.45, 2.75) is 13.8 Å². The molecule has 2 N–H and O–H groups in total. The zero-order valence-corrected chi connectivity index (χ0v) is 15.5. The Balaban J connectivity index is 1.67. The van der Waals surface area contributed by atoms with E-state index in [4.69, 9.17) is 0 Å². The van der Waals surface area contributed by atoms with Crippen LogP contribution in [-0.2, 0) is 0 Å². The van der Waals surface area contributed by atoms with Crippen LogP contribution in [0.4, 0.5) is 17.3 Å². The Morgan fingerprint density at radius 1 is 0.960 bits per heavy atom. The normalized spacial score (nSPS) is 10.4. The summed E-state index contributed by atoms with van der Waals surface area (Å²) in [5.74, 6) is 0.191. The van der Waals surface area contributed by atoms with Crippen molar-refractivity contribution in [1.82, 2.24) is 9.97 Å². The Morgan fingerprint density at radius 2 is 1.60 bits per heavy atom. The average Bonchev–Trinajstić information content (AvgIpc) is 2.61. The maximum Gasteiger partial charge on any atom is 0.258 e. The molecule has 0 radical (unpaired) electrons. The molecule has 5 nitrogen and oxygen atoms in total. The first kappa shape index (κ1) is 17.1. The number of hydrogen-bond acceptors (Lipinski definition) is 4. The smallest absolute Gasteiger partial charge is 0.258 e. The summed E-state index contributed by atoms with van der Waals surface area (Å²) in [5, 5.41) is 5.93. The number of anilines is 3. The van der Waals surface area contributed by atoms with E-state index in [1.165, 1.54) is 18.0 Å². The van der Waals surface area contributed by atoms with Gasteiger partial charge in [0.2, 0.25) is 5.95 Å². The predicted molar refractivity (Wildman–Crippen MR) is 103 cm³/mol. The molecule has 0 fully saturated rings. The van der Waals surface area contributed by atoms with Crippen LogP contribution >= 0.6 is 15.9 Å². The van der Waals surface area contributed by atoms with Crippen LogP contribution in [0.3, 0.4) is 0 Å². The van der Waals surface area contributed by atoms with Gasteiger partial charge in [-0.1, -0.05) is 39.7 Å². The predicted octanol–water partition coefficient (Wildman–Crippen LogP) is 4.85. The Labute approximate surface area is 154 Å². The lowest BCUT2D eigenvalue weighted by molar-refractivity contribution is 0.102. The maximum atomic E-state index is 12.3. The topological polar surface area (TPSA) is 66.9 Å². The molecule has 2 aromatic carbocycles. The highest BCUT2D eigenvalue weighted by Gasteiger charge is 2.09. The van der Waals surface area contributed by atoms with Crippen LogP contribution in [-0.4, -0.2) is 15.9 Å². The second kappa shape index (κ2) is 7.44. The van der Waals surface area contributed by atoms with Crippen molar-refractivity contribution in [3.63, 3.8) is 0 Å². The van der Waals surface area contributed by atoms with Gasteiger partial charge in [0.15, 0.2) is 0 Å². The Hall–Kier alpha value is -2.73. The monoisotopic (exact) mass is 396 g/mol. The molecule has 0 aliphatic rings. The van der Waals surface area contributed by atoms with Gasteiger partial charge in [0.05, 0.1) is 5.56 Å². The zero-order valence-electron chi connectivity index (χ0n) is 13.9. The van der Waals surface area contributed by atoms with Gasteiger partial charge in [0.25, 0.3) is 5.91 Å². The number of hydrogen-bond donors (Lipinski definition) is 2. The molecule has 1 aromatic heterocycles. The fourth-order valence-electron chi connectivity index (χ4n) is 2.15. The van der Waals surface area contributed by atoms with Crippen LogP contribution in [0.15, 0.2) is 59.3 Å². The maximum absolute atomic E-state index is 12.3. The zero-order chi connectivity index (χ0) is 17.8. The summed E-state index contributed by atoms with van der Waals surface area (Å²) in [4.78, 5) is 20.7. The number of aromatic nitrogens is 2. The number of benzene rings is 2. The summed E-state index contributed by atoms with van der Waals surface area (Å²) < 4.78 is 0.944. The lowest BCUT2D eigenvalue weighted by Gasteiger charge is -2.08. The molecule has 0 aliphatic carbocycles. The molecule has 0 bridgehead atoms. The molecule has 0 saturated carbocycles. The molecule has 0 aliphatic heterocycles. The van der Waals surface area contributed by atoms with E-state index >= 15 is 0 Å². The van der Waals surface area contributed by atoms with Crippen LogP contribution in [0.25, 0.3) is 0 Å². The minimum atomic E-state index is -0.252. The number of rotatable bonds is 4. The van der Waals surface area contributed by atoms with Crippen molar-refractivity contribution >= 4 is 39.2 Å². The van der Waals surface area contributed by atoms with Crippen molar-refractivity contribution in [3.8, 4) is 0 Å². The molecular weight excluding hydrogens is 380 g/mol. The third-order valence-corrected chi connectivity index (χ3v) is 4.51. The van der Waals surface area contributed by atoms with Crippen molar-refractivity contribution in [2.75, 3.05) is 10.6 Å². The molecule has 0 atom stereocenters. The van der Waals surface area contributed by atoms with E-state index in [0.717, 1.165) is 15.7 Å². The molecule has 0 unspecified atom stereocenters. The number of amides is 1. The SMILES string of the molecule is Cc1ccc(Nc2ncc(C(=O)Nc3ccc(C)c(Br)c3)cn2)cc1. The fraction of sp³-hybridized carbons (Fsp3) is 0.105. The van der Waals surface area contributed by atoms with Crippen LogP contribution in [0.2, 0.25) is 0 Å². The van der Waals surface area contributed by atoms with Gasteiger partial charge in [0.1, 0.15) is 0 Å². The van der Waals surface area contributed by atoms with Gasteiger partial charge in [-0.05, 0) is 43.7 Å². The molecule has 3 aromatic rings. The summed E-state index contributed by atoms with van der Waals surface area (Å²) in [6, 6.07) is 13.6. The van der Waals surface area contributed by atoms with Crippen LogP contribution in [0, 0.1) is 13.8 Å². The van der Waals surface area contributed by atoms with E-state index in [1.807, 2.05) is 56.3 Å². The van der Waals surface area contributed by atoms with Gasteiger partial charge in [0, 0.05) is 28.2 Å². The van der Waals surface area contributed by atoms with E-state index < -0.39 is 0 Å². The van der Waals surface area contributed by atoms with Gasteiger partial charge in [-0.25, -0.2) is 9.97 Å². The summed E-state index contributed by atoms with van der Waals surface area (Å²) in [6.07, 6.45) is 3.00. The molecule has 1 heterocycles. The van der Waals surface area contributed by atoms with Crippen LogP contribution in [0.5, 0.6) is 0 Å². The number of halogens is 1. The first-order valence-corrected chi connectivity index (χ1v) is 8.54. The minimum Gasteiger partial charge on any atom is -0.324 e. The third kappa shape index (κ3) is 4.42. The molecule has 3 rings (SSSR count). The number of nitrogens with zero attached hydrogens (tertiary/aromatic N) is 2. The molecule has 1 amide bonds. The minimum absolute atomic E-state index is 0.252. The van der Waals surface area contributed by atoms with E-state index in [9.17, 15) is 4.79 Å². The summed E-state index contributed by atoms with van der Waals surface area (Å²) >= 11 is 3.45. The van der Waals surface area contributed by atoms with E-state index in [2.05, 4.69) is 36.5 Å². The van der Waals surface area contributed by atoms with Crippen molar-refractivity contribution in [3.05, 3.63) is 76.0 Å². The molecule has 25 heavy (non-hydrogen) atoms. The highest BCUT2D eigenvalue weighted by Crippen LogP contribution is 2.21. The molecule has 0 spiro atoms. The molecule has 0 saturated heterocycles. The molecular formula is C19H17BrN4O. The van der Waals surface area contributed by atoms with Crippen LogP contribution < -0.4 is 10.6 Å². The largest absolute Gasteiger partial charge is 0.324 e.